The van der Waals surface area contributed by atoms with Gasteiger partial charge in [0.1, 0.15) is 11.5 Å². The number of halogens is 3. The monoisotopic (exact) mass is 446 g/mol. The third-order valence-corrected chi connectivity index (χ3v) is 5.65. The molecule has 0 atom stereocenters. The van der Waals surface area contributed by atoms with Gasteiger partial charge in [-0.25, -0.2) is 0 Å². The summed E-state index contributed by atoms with van der Waals surface area (Å²) >= 11 is 0. The molecule has 0 saturated carbocycles. The molecule has 8 heteroatoms. The van der Waals surface area contributed by atoms with Crippen LogP contribution in [0.25, 0.3) is 0 Å². The lowest BCUT2D eigenvalue weighted by molar-refractivity contribution is -0.137. The smallest absolute Gasteiger partial charge is 0.416 e. The minimum absolute atomic E-state index is 0.0297. The predicted octanol–water partition coefficient (Wildman–Crippen LogP) is 4.27. The molecule has 0 bridgehead atoms. The van der Waals surface area contributed by atoms with Gasteiger partial charge in [0.2, 0.25) is 5.91 Å². The zero-order chi connectivity index (χ0) is 22.6. The topological polar surface area (TPSA) is 42.0 Å². The molecule has 0 unspecified atom stereocenters. The van der Waals surface area contributed by atoms with Gasteiger partial charge in [0.05, 0.1) is 18.8 Å². The zero-order valence-corrected chi connectivity index (χ0v) is 17.6. The number of hydrogen-bond acceptors (Lipinski definition) is 4. The molecule has 0 aliphatic carbocycles. The molecule has 32 heavy (non-hydrogen) atoms. The number of fused-ring (bicyclic) bond motifs is 1. The fraction of sp³-hybridized carbons (Fsp3) is 0.375. The van der Waals surface area contributed by atoms with Gasteiger partial charge in [0.25, 0.3) is 0 Å². The van der Waals surface area contributed by atoms with Crippen LogP contribution in [0.15, 0.2) is 54.6 Å². The maximum Gasteiger partial charge on any atom is 0.416 e. The van der Waals surface area contributed by atoms with Crippen LogP contribution >= 0.6 is 0 Å². The second-order valence-corrected chi connectivity index (χ2v) is 7.88. The van der Waals surface area contributed by atoms with Crippen LogP contribution in [0.3, 0.4) is 0 Å². The van der Waals surface area contributed by atoms with E-state index in [1.54, 1.807) is 17.0 Å². The molecule has 170 valence electrons. The molecule has 2 aromatic carbocycles. The summed E-state index contributed by atoms with van der Waals surface area (Å²) in [7, 11) is 0. The fourth-order valence-corrected chi connectivity index (χ4v) is 3.82. The molecule has 0 radical (unpaired) electrons. The summed E-state index contributed by atoms with van der Waals surface area (Å²) in [6.45, 7) is 5.04. The molecule has 2 aromatic rings. The van der Waals surface area contributed by atoms with E-state index >= 15 is 0 Å². The third kappa shape index (κ3) is 5.69. The van der Waals surface area contributed by atoms with E-state index in [0.717, 1.165) is 62.5 Å². The Morgan fingerprint density at radius 3 is 2.44 bits per heavy atom. The molecule has 0 aromatic heterocycles. The molecule has 2 heterocycles. The average Bonchev–Trinajstić information content (AvgIpc) is 2.79. The molecule has 1 amide bonds. The van der Waals surface area contributed by atoms with Crippen LogP contribution in [0.2, 0.25) is 0 Å². The lowest BCUT2D eigenvalue weighted by Gasteiger charge is -2.28. The van der Waals surface area contributed by atoms with Crippen molar-refractivity contribution in [1.82, 2.24) is 9.80 Å². The number of benzene rings is 2. The number of alkyl halides is 3. The number of nitrogens with zero attached hydrogens (tertiary/aromatic N) is 2. The first kappa shape index (κ1) is 22.4. The number of hydrogen-bond donors (Lipinski definition) is 0. The Balaban J connectivity index is 1.36. The molecule has 2 aliphatic rings. The Hall–Kier alpha value is -2.84. The number of amides is 1. The molecule has 1 saturated heterocycles. The minimum Gasteiger partial charge on any atom is -0.457 e. The molecule has 2 aliphatic heterocycles. The fourth-order valence-electron chi connectivity index (χ4n) is 3.82. The maximum absolute atomic E-state index is 12.7. The van der Waals surface area contributed by atoms with Gasteiger partial charge in [0.15, 0.2) is 0 Å². The van der Waals surface area contributed by atoms with Gasteiger partial charge in [-0.15, -0.1) is 0 Å². The molecule has 4 rings (SSSR count). The van der Waals surface area contributed by atoms with Crippen LogP contribution < -0.4 is 4.74 Å². The highest BCUT2D eigenvalue weighted by Gasteiger charge is 2.30. The lowest BCUT2D eigenvalue weighted by atomic mass is 9.99. The third-order valence-electron chi connectivity index (χ3n) is 5.65. The quantitative estimate of drug-likeness (QED) is 0.644. The highest BCUT2D eigenvalue weighted by atomic mass is 19.4. The van der Waals surface area contributed by atoms with E-state index in [1.807, 2.05) is 18.2 Å². The summed E-state index contributed by atoms with van der Waals surface area (Å²) < 4.78 is 49.2. The second kappa shape index (κ2) is 9.75. The second-order valence-electron chi connectivity index (χ2n) is 7.88. The average molecular weight is 446 g/mol. The number of carbonyl (C=O) groups is 1. The van der Waals surface area contributed by atoms with Gasteiger partial charge in [-0.05, 0) is 53.9 Å². The van der Waals surface area contributed by atoms with Crippen molar-refractivity contribution in [3.63, 3.8) is 0 Å². The van der Waals surface area contributed by atoms with Gasteiger partial charge in [0, 0.05) is 38.8 Å². The zero-order valence-electron chi connectivity index (χ0n) is 17.6. The van der Waals surface area contributed by atoms with Gasteiger partial charge in [-0.3, -0.25) is 9.69 Å². The number of ether oxygens (including phenoxy) is 2. The van der Waals surface area contributed by atoms with Crippen molar-refractivity contribution in [3.8, 4) is 11.5 Å². The van der Waals surface area contributed by atoms with Crippen LogP contribution in [-0.2, 0) is 28.7 Å². The maximum atomic E-state index is 12.7. The van der Waals surface area contributed by atoms with Gasteiger partial charge in [-0.1, -0.05) is 12.1 Å². The number of rotatable bonds is 5. The van der Waals surface area contributed by atoms with Crippen molar-refractivity contribution in [1.29, 1.82) is 0 Å². The summed E-state index contributed by atoms with van der Waals surface area (Å²) in [6, 6.07) is 10.2. The summed E-state index contributed by atoms with van der Waals surface area (Å²) in [6.07, 6.45) is -0.105. The number of carbonyl (C=O) groups excluding carboxylic acids is 1. The molecular formula is C24H25F3N2O3. The Labute approximate surface area is 185 Å². The normalized spacial score (nSPS) is 17.4. The van der Waals surface area contributed by atoms with Crippen molar-refractivity contribution in [2.75, 3.05) is 39.4 Å². The van der Waals surface area contributed by atoms with Crippen molar-refractivity contribution in [3.05, 3.63) is 71.3 Å². The van der Waals surface area contributed by atoms with Crippen molar-refractivity contribution >= 4 is 5.91 Å². The van der Waals surface area contributed by atoms with E-state index < -0.39 is 11.7 Å². The SMILES string of the molecule is O=C(/C=C/CN1CCOCC1)N1CCc2ccc(Oc3ccc(C(F)(F)F)cc3)cc2C1. The summed E-state index contributed by atoms with van der Waals surface area (Å²) in [5, 5.41) is 0. The van der Waals surface area contributed by atoms with Crippen molar-refractivity contribution in [2.45, 2.75) is 19.1 Å². The number of morpholine rings is 1. The van der Waals surface area contributed by atoms with E-state index in [0.29, 0.717) is 24.6 Å². The van der Waals surface area contributed by atoms with E-state index in [9.17, 15) is 18.0 Å². The van der Waals surface area contributed by atoms with Gasteiger partial charge in [-0.2, -0.15) is 13.2 Å². The van der Waals surface area contributed by atoms with Gasteiger partial charge >= 0.3 is 6.18 Å². The first-order chi connectivity index (χ1) is 15.4. The Kier molecular flexibility index (Phi) is 6.81. The molecular weight excluding hydrogens is 421 g/mol. The standard InChI is InChI=1S/C24H25F3N2O3/c25-24(26,27)20-4-7-21(8-5-20)32-22-6-3-18-9-11-29(17-19(18)16-22)23(30)2-1-10-28-12-14-31-15-13-28/h1-8,16H,9-15,17H2/b2-1+. The van der Waals surface area contributed by atoms with Crippen LogP contribution in [0.5, 0.6) is 11.5 Å². The van der Waals surface area contributed by atoms with Crippen LogP contribution in [-0.4, -0.2) is 55.1 Å². The van der Waals surface area contributed by atoms with Crippen LogP contribution in [0.1, 0.15) is 16.7 Å². The minimum atomic E-state index is -4.38. The van der Waals surface area contributed by atoms with E-state index in [4.69, 9.17) is 9.47 Å². The Bertz CT molecular complexity index is 967. The molecule has 1 fully saturated rings. The molecule has 0 spiro atoms. The summed E-state index contributed by atoms with van der Waals surface area (Å²) in [5.74, 6) is 0.825. The lowest BCUT2D eigenvalue weighted by Crippen LogP contribution is -2.37. The van der Waals surface area contributed by atoms with E-state index in [-0.39, 0.29) is 5.91 Å². The van der Waals surface area contributed by atoms with Crippen molar-refractivity contribution in [2.24, 2.45) is 0 Å². The Morgan fingerprint density at radius 1 is 1.00 bits per heavy atom. The highest BCUT2D eigenvalue weighted by molar-refractivity contribution is 5.87. The summed E-state index contributed by atoms with van der Waals surface area (Å²) in [4.78, 5) is 16.6. The largest absolute Gasteiger partial charge is 0.457 e. The van der Waals surface area contributed by atoms with Gasteiger partial charge < -0.3 is 14.4 Å². The van der Waals surface area contributed by atoms with Crippen LogP contribution in [0.4, 0.5) is 13.2 Å². The predicted molar refractivity (Wildman–Crippen MR) is 113 cm³/mol. The molecule has 0 N–H and O–H groups in total. The molecule has 5 nitrogen and oxygen atoms in total. The van der Waals surface area contributed by atoms with E-state index in [1.165, 1.54) is 12.1 Å². The Morgan fingerprint density at radius 2 is 1.72 bits per heavy atom. The first-order valence-electron chi connectivity index (χ1n) is 10.6. The first-order valence-corrected chi connectivity index (χ1v) is 10.6. The highest BCUT2D eigenvalue weighted by Crippen LogP contribution is 2.32. The van der Waals surface area contributed by atoms with Crippen molar-refractivity contribution < 1.29 is 27.4 Å². The van der Waals surface area contributed by atoms with Crippen LogP contribution in [0, 0.1) is 0 Å². The summed E-state index contributed by atoms with van der Waals surface area (Å²) in [5.41, 5.74) is 1.41. The van der Waals surface area contributed by atoms with E-state index in [2.05, 4.69) is 4.90 Å².